The van der Waals surface area contributed by atoms with Crippen LogP contribution >= 0.6 is 0 Å². The highest BCUT2D eigenvalue weighted by Crippen LogP contribution is 2.22. The van der Waals surface area contributed by atoms with Crippen molar-refractivity contribution in [3.63, 3.8) is 0 Å². The molecule has 13 heavy (non-hydrogen) atoms. The number of hydrogen-bond acceptors (Lipinski definition) is 2. The van der Waals surface area contributed by atoms with Crippen LogP contribution in [0, 0.1) is 11.3 Å². The van der Waals surface area contributed by atoms with E-state index in [2.05, 4.69) is 6.07 Å². The van der Waals surface area contributed by atoms with Crippen LogP contribution in [0.5, 0.6) is 0 Å². The number of hydrogen-bond donors (Lipinski definition) is 0. The van der Waals surface area contributed by atoms with Gasteiger partial charge in [0.05, 0.1) is 12.7 Å². The van der Waals surface area contributed by atoms with Crippen molar-refractivity contribution in [2.45, 2.75) is 12.3 Å². The lowest BCUT2D eigenvalue weighted by atomic mass is 9.85. The molecule has 0 heterocycles. The zero-order valence-corrected chi connectivity index (χ0v) is 7.95. The summed E-state index contributed by atoms with van der Waals surface area (Å²) in [7, 11) is 1.61. The highest BCUT2D eigenvalue weighted by atomic mass is 16.5. The lowest BCUT2D eigenvalue weighted by Gasteiger charge is -2.20. The van der Waals surface area contributed by atoms with Crippen LogP contribution in [0.15, 0.2) is 30.3 Å². The fourth-order valence-corrected chi connectivity index (χ4v) is 1.27. The second kappa shape index (κ2) is 4.06. The Morgan fingerprint density at radius 1 is 1.38 bits per heavy atom. The molecule has 0 aliphatic rings. The predicted octanol–water partition coefficient (Wildman–Crippen LogP) is 2.11. The van der Waals surface area contributed by atoms with Gasteiger partial charge in [0.2, 0.25) is 0 Å². The summed E-state index contributed by atoms with van der Waals surface area (Å²) in [5.74, 6) is 0. The van der Waals surface area contributed by atoms with E-state index in [0.717, 1.165) is 5.56 Å². The molecule has 1 aromatic rings. The number of ether oxygens (including phenoxy) is 1. The maximum atomic E-state index is 9.04. The summed E-state index contributed by atoms with van der Waals surface area (Å²) in [5, 5.41) is 9.04. The van der Waals surface area contributed by atoms with Gasteiger partial charge in [-0.05, 0) is 12.5 Å². The Morgan fingerprint density at radius 2 is 2.00 bits per heavy atom. The minimum Gasteiger partial charge on any atom is -0.383 e. The molecule has 0 N–H and O–H groups in total. The summed E-state index contributed by atoms with van der Waals surface area (Å²) in [6.07, 6.45) is 0. The number of rotatable bonds is 3. The van der Waals surface area contributed by atoms with Gasteiger partial charge in [0, 0.05) is 7.11 Å². The van der Waals surface area contributed by atoms with Crippen LogP contribution < -0.4 is 0 Å². The van der Waals surface area contributed by atoms with E-state index in [1.807, 2.05) is 37.3 Å². The first kappa shape index (κ1) is 9.76. The molecular formula is C11H13NO. The molecule has 1 rings (SSSR count). The SMILES string of the molecule is COCC(C)(C#N)c1ccccc1. The standard InChI is InChI=1S/C11H13NO/c1-11(8-12,9-13-2)10-6-4-3-5-7-10/h3-7H,9H2,1-2H3. The molecule has 0 aliphatic carbocycles. The van der Waals surface area contributed by atoms with Gasteiger partial charge in [0.15, 0.2) is 0 Å². The van der Waals surface area contributed by atoms with Gasteiger partial charge >= 0.3 is 0 Å². The zero-order valence-electron chi connectivity index (χ0n) is 7.95. The van der Waals surface area contributed by atoms with E-state index in [4.69, 9.17) is 10.00 Å². The molecule has 0 aromatic heterocycles. The molecule has 2 nitrogen and oxygen atoms in total. The molecule has 1 aromatic carbocycles. The molecule has 0 saturated heterocycles. The fraction of sp³-hybridized carbons (Fsp3) is 0.364. The quantitative estimate of drug-likeness (QED) is 0.705. The molecule has 2 heteroatoms. The third kappa shape index (κ3) is 2.07. The zero-order chi connectivity index (χ0) is 9.73. The predicted molar refractivity (Wildman–Crippen MR) is 51.3 cm³/mol. The van der Waals surface area contributed by atoms with Gasteiger partial charge in [0.1, 0.15) is 5.41 Å². The van der Waals surface area contributed by atoms with Crippen molar-refractivity contribution in [3.8, 4) is 6.07 Å². The third-order valence-electron chi connectivity index (χ3n) is 2.09. The highest BCUT2D eigenvalue weighted by molar-refractivity contribution is 5.31. The number of methoxy groups -OCH3 is 1. The molecule has 0 aliphatic heterocycles. The smallest absolute Gasteiger partial charge is 0.103 e. The molecule has 0 radical (unpaired) electrons. The second-order valence-electron chi connectivity index (χ2n) is 3.24. The Labute approximate surface area is 78.8 Å². The second-order valence-corrected chi connectivity index (χ2v) is 3.24. The van der Waals surface area contributed by atoms with Crippen molar-refractivity contribution in [2.24, 2.45) is 0 Å². The largest absolute Gasteiger partial charge is 0.383 e. The number of nitrogens with zero attached hydrogens (tertiary/aromatic N) is 1. The van der Waals surface area contributed by atoms with Crippen LogP contribution in [-0.2, 0) is 10.2 Å². The van der Waals surface area contributed by atoms with E-state index in [9.17, 15) is 0 Å². The third-order valence-corrected chi connectivity index (χ3v) is 2.09. The van der Waals surface area contributed by atoms with E-state index >= 15 is 0 Å². The van der Waals surface area contributed by atoms with Gasteiger partial charge in [-0.15, -0.1) is 0 Å². The van der Waals surface area contributed by atoms with Crippen molar-refractivity contribution in [3.05, 3.63) is 35.9 Å². The Hall–Kier alpha value is -1.33. The van der Waals surface area contributed by atoms with Crippen LogP contribution in [0.2, 0.25) is 0 Å². The van der Waals surface area contributed by atoms with Gasteiger partial charge < -0.3 is 4.74 Å². The average Bonchev–Trinajstić information content (AvgIpc) is 2.19. The summed E-state index contributed by atoms with van der Waals surface area (Å²) in [5.41, 5.74) is 0.468. The molecule has 0 saturated carbocycles. The van der Waals surface area contributed by atoms with Crippen LogP contribution in [0.3, 0.4) is 0 Å². The summed E-state index contributed by atoms with van der Waals surface area (Å²) < 4.78 is 5.03. The van der Waals surface area contributed by atoms with Gasteiger partial charge in [-0.1, -0.05) is 30.3 Å². The maximum Gasteiger partial charge on any atom is 0.103 e. The van der Waals surface area contributed by atoms with Crippen molar-refractivity contribution in [1.29, 1.82) is 5.26 Å². The van der Waals surface area contributed by atoms with Gasteiger partial charge in [-0.3, -0.25) is 0 Å². The normalized spacial score (nSPS) is 14.5. The lowest BCUT2D eigenvalue weighted by molar-refractivity contribution is 0.161. The first-order valence-electron chi connectivity index (χ1n) is 4.18. The molecule has 1 atom stereocenters. The van der Waals surface area contributed by atoms with Crippen LogP contribution in [0.25, 0.3) is 0 Å². The first-order chi connectivity index (χ1) is 6.23. The number of nitriles is 1. The first-order valence-corrected chi connectivity index (χ1v) is 4.18. The Morgan fingerprint density at radius 3 is 2.46 bits per heavy atom. The average molecular weight is 175 g/mol. The summed E-state index contributed by atoms with van der Waals surface area (Å²) in [4.78, 5) is 0. The van der Waals surface area contributed by atoms with Crippen molar-refractivity contribution >= 4 is 0 Å². The Kier molecular flexibility index (Phi) is 3.05. The molecule has 0 bridgehead atoms. The Balaban J connectivity index is 2.98. The van der Waals surface area contributed by atoms with E-state index in [1.165, 1.54) is 0 Å². The Bertz CT molecular complexity index is 302. The van der Waals surface area contributed by atoms with Gasteiger partial charge in [-0.25, -0.2) is 0 Å². The fourth-order valence-electron chi connectivity index (χ4n) is 1.27. The van der Waals surface area contributed by atoms with Gasteiger partial charge in [0.25, 0.3) is 0 Å². The van der Waals surface area contributed by atoms with Crippen molar-refractivity contribution < 1.29 is 4.74 Å². The molecule has 0 fully saturated rings. The summed E-state index contributed by atoms with van der Waals surface area (Å²) in [6.45, 7) is 2.30. The molecule has 68 valence electrons. The summed E-state index contributed by atoms with van der Waals surface area (Å²) in [6, 6.07) is 12.0. The minimum atomic E-state index is -0.532. The van der Waals surface area contributed by atoms with E-state index < -0.39 is 5.41 Å². The molecule has 0 amide bonds. The van der Waals surface area contributed by atoms with Crippen LogP contribution in [0.1, 0.15) is 12.5 Å². The van der Waals surface area contributed by atoms with E-state index in [1.54, 1.807) is 7.11 Å². The minimum absolute atomic E-state index is 0.424. The lowest BCUT2D eigenvalue weighted by Crippen LogP contribution is -2.25. The van der Waals surface area contributed by atoms with E-state index in [0.29, 0.717) is 6.61 Å². The monoisotopic (exact) mass is 175 g/mol. The summed E-state index contributed by atoms with van der Waals surface area (Å²) >= 11 is 0. The topological polar surface area (TPSA) is 33.0 Å². The highest BCUT2D eigenvalue weighted by Gasteiger charge is 2.25. The van der Waals surface area contributed by atoms with Gasteiger partial charge in [-0.2, -0.15) is 5.26 Å². The number of benzene rings is 1. The van der Waals surface area contributed by atoms with Crippen molar-refractivity contribution in [1.82, 2.24) is 0 Å². The molecule has 1 unspecified atom stereocenters. The molecular weight excluding hydrogens is 162 g/mol. The van der Waals surface area contributed by atoms with Crippen LogP contribution in [0.4, 0.5) is 0 Å². The van der Waals surface area contributed by atoms with Crippen molar-refractivity contribution in [2.75, 3.05) is 13.7 Å². The maximum absolute atomic E-state index is 9.04. The molecule has 0 spiro atoms. The van der Waals surface area contributed by atoms with Crippen LogP contribution in [-0.4, -0.2) is 13.7 Å². The van der Waals surface area contributed by atoms with E-state index in [-0.39, 0.29) is 0 Å².